The maximum absolute atomic E-state index is 14.1. The van der Waals surface area contributed by atoms with Gasteiger partial charge in [-0.05, 0) is 50.1 Å². The molecule has 9 heteroatoms. The maximum atomic E-state index is 14.1. The van der Waals surface area contributed by atoms with Gasteiger partial charge in [-0.3, -0.25) is 0 Å². The molecule has 0 radical (unpaired) electrons. The van der Waals surface area contributed by atoms with Crippen molar-refractivity contribution in [3.8, 4) is 5.75 Å². The number of nitrogens with zero attached hydrogens (tertiary/aromatic N) is 1. The third kappa shape index (κ3) is 4.21. The van der Waals surface area contributed by atoms with E-state index in [1.54, 1.807) is 25.1 Å². The number of hydrogen-bond acceptors (Lipinski definition) is 5. The molecular formula is C19H22FNO5S2. The summed E-state index contributed by atoms with van der Waals surface area (Å²) < 4.78 is 71.8. The van der Waals surface area contributed by atoms with E-state index in [-0.39, 0.29) is 34.4 Å². The average Bonchev–Trinajstić information content (AvgIpc) is 3.12. The number of sulfone groups is 1. The molecule has 0 bridgehead atoms. The van der Waals surface area contributed by atoms with Gasteiger partial charge in [0, 0.05) is 12.6 Å². The summed E-state index contributed by atoms with van der Waals surface area (Å²) in [5.74, 6) is -1.10. The Morgan fingerprint density at radius 1 is 1.07 bits per heavy atom. The molecule has 0 spiro atoms. The van der Waals surface area contributed by atoms with Gasteiger partial charge in [0.1, 0.15) is 0 Å². The predicted octanol–water partition coefficient (Wildman–Crippen LogP) is 2.85. The van der Waals surface area contributed by atoms with Crippen LogP contribution in [0.1, 0.15) is 19.8 Å². The summed E-state index contributed by atoms with van der Waals surface area (Å²) in [6.45, 7) is 2.16. The second-order valence-corrected chi connectivity index (χ2v) is 10.5. The van der Waals surface area contributed by atoms with Crippen molar-refractivity contribution in [3.05, 3.63) is 54.3 Å². The monoisotopic (exact) mass is 427 g/mol. The minimum absolute atomic E-state index is 0.0222. The predicted molar refractivity (Wildman–Crippen MR) is 103 cm³/mol. The zero-order valence-electron chi connectivity index (χ0n) is 15.4. The quantitative estimate of drug-likeness (QED) is 0.679. The Balaban J connectivity index is 1.86. The van der Waals surface area contributed by atoms with Crippen LogP contribution in [-0.4, -0.2) is 46.1 Å². The van der Waals surface area contributed by atoms with Crippen molar-refractivity contribution in [2.75, 3.05) is 18.9 Å². The van der Waals surface area contributed by atoms with Gasteiger partial charge in [-0.15, -0.1) is 0 Å². The van der Waals surface area contributed by atoms with Gasteiger partial charge < -0.3 is 4.74 Å². The molecule has 0 aromatic heterocycles. The Labute approximate surface area is 164 Å². The van der Waals surface area contributed by atoms with Crippen LogP contribution in [0, 0.1) is 5.82 Å². The first kappa shape index (κ1) is 20.8. The molecule has 1 saturated heterocycles. The number of ether oxygens (including phenoxy) is 1. The van der Waals surface area contributed by atoms with E-state index in [1.165, 1.54) is 28.6 Å². The van der Waals surface area contributed by atoms with E-state index in [0.717, 1.165) is 6.07 Å². The molecule has 1 aliphatic heterocycles. The number of halogens is 1. The Morgan fingerprint density at radius 3 is 2.43 bits per heavy atom. The number of hydrogen-bond donors (Lipinski definition) is 0. The number of rotatable bonds is 7. The van der Waals surface area contributed by atoms with Gasteiger partial charge in [0.25, 0.3) is 0 Å². The first-order valence-electron chi connectivity index (χ1n) is 8.97. The fourth-order valence-corrected chi connectivity index (χ4v) is 6.74. The highest BCUT2D eigenvalue weighted by molar-refractivity contribution is 7.91. The zero-order valence-corrected chi connectivity index (χ0v) is 17.0. The van der Waals surface area contributed by atoms with E-state index in [9.17, 15) is 21.2 Å². The highest BCUT2D eigenvalue weighted by atomic mass is 32.2. The van der Waals surface area contributed by atoms with E-state index >= 15 is 0 Å². The molecule has 1 aliphatic rings. The smallest absolute Gasteiger partial charge is 0.243 e. The van der Waals surface area contributed by atoms with E-state index in [4.69, 9.17) is 4.74 Å². The van der Waals surface area contributed by atoms with Crippen LogP contribution >= 0.6 is 0 Å². The summed E-state index contributed by atoms with van der Waals surface area (Å²) in [6.07, 6.45) is 0.985. The van der Waals surface area contributed by atoms with Crippen molar-refractivity contribution < 1.29 is 26.0 Å². The van der Waals surface area contributed by atoms with Gasteiger partial charge in [0.2, 0.25) is 10.0 Å². The van der Waals surface area contributed by atoms with Crippen molar-refractivity contribution in [3.63, 3.8) is 0 Å². The molecule has 0 aliphatic carbocycles. The highest BCUT2D eigenvalue weighted by Gasteiger charge is 2.38. The number of sulfonamides is 1. The molecule has 0 amide bonds. The van der Waals surface area contributed by atoms with Crippen LogP contribution in [0.4, 0.5) is 4.39 Å². The lowest BCUT2D eigenvalue weighted by molar-refractivity contribution is 0.321. The largest absolute Gasteiger partial charge is 0.491 e. The van der Waals surface area contributed by atoms with Gasteiger partial charge >= 0.3 is 0 Å². The first-order valence-corrected chi connectivity index (χ1v) is 12.1. The Hall–Kier alpha value is -1.97. The first-order chi connectivity index (χ1) is 13.3. The van der Waals surface area contributed by atoms with Crippen molar-refractivity contribution in [2.24, 2.45) is 0 Å². The standard InChI is InChI=1S/C19H22FNO5S2/c1-2-26-19-11-10-17(13-18(19)20)28(24,25)21-12-6-7-15(21)14-27(22,23)16-8-4-3-5-9-16/h3-5,8-11,13,15H,2,6-7,12,14H2,1H3. The molecule has 2 aromatic carbocycles. The second-order valence-electron chi connectivity index (χ2n) is 6.53. The summed E-state index contributed by atoms with van der Waals surface area (Å²) in [7, 11) is -7.66. The fraction of sp³-hybridized carbons (Fsp3) is 0.368. The van der Waals surface area contributed by atoms with Crippen LogP contribution in [0.5, 0.6) is 5.75 Å². The summed E-state index contributed by atoms with van der Waals surface area (Å²) in [5, 5.41) is 0. The Morgan fingerprint density at radius 2 is 1.79 bits per heavy atom. The highest BCUT2D eigenvalue weighted by Crippen LogP contribution is 2.30. The van der Waals surface area contributed by atoms with Crippen molar-refractivity contribution in [1.29, 1.82) is 0 Å². The molecule has 2 aromatic rings. The molecule has 28 heavy (non-hydrogen) atoms. The summed E-state index contributed by atoms with van der Waals surface area (Å²) in [6, 6.07) is 10.7. The SMILES string of the molecule is CCOc1ccc(S(=O)(=O)N2CCCC2CS(=O)(=O)c2ccccc2)cc1F. The normalized spacial score (nSPS) is 18.3. The lowest BCUT2D eigenvalue weighted by atomic mass is 10.3. The molecule has 6 nitrogen and oxygen atoms in total. The fourth-order valence-electron chi connectivity index (χ4n) is 3.32. The van der Waals surface area contributed by atoms with Crippen LogP contribution in [0.3, 0.4) is 0 Å². The van der Waals surface area contributed by atoms with E-state index in [2.05, 4.69) is 0 Å². The minimum atomic E-state index is -4.02. The molecule has 152 valence electrons. The van der Waals surface area contributed by atoms with Crippen LogP contribution in [0.25, 0.3) is 0 Å². The van der Waals surface area contributed by atoms with Gasteiger partial charge in [0.05, 0.1) is 22.2 Å². The van der Waals surface area contributed by atoms with Gasteiger partial charge in [-0.2, -0.15) is 4.31 Å². The molecule has 3 rings (SSSR count). The van der Waals surface area contributed by atoms with E-state index in [1.807, 2.05) is 0 Å². The van der Waals surface area contributed by atoms with Gasteiger partial charge in [-0.1, -0.05) is 18.2 Å². The molecule has 1 atom stereocenters. The van der Waals surface area contributed by atoms with E-state index < -0.39 is 31.7 Å². The second kappa shape index (κ2) is 8.18. The maximum Gasteiger partial charge on any atom is 0.243 e. The summed E-state index contributed by atoms with van der Waals surface area (Å²) in [5.41, 5.74) is 0. The van der Waals surface area contributed by atoms with Crippen LogP contribution in [0.2, 0.25) is 0 Å². The molecule has 1 unspecified atom stereocenters. The lowest BCUT2D eigenvalue weighted by Crippen LogP contribution is -2.39. The Bertz CT molecular complexity index is 1040. The topological polar surface area (TPSA) is 80.8 Å². The average molecular weight is 428 g/mol. The van der Waals surface area contributed by atoms with Crippen molar-refractivity contribution in [2.45, 2.75) is 35.6 Å². The number of benzene rings is 2. The van der Waals surface area contributed by atoms with Crippen LogP contribution in [-0.2, 0) is 19.9 Å². The molecule has 1 heterocycles. The minimum Gasteiger partial charge on any atom is -0.491 e. The Kier molecular flexibility index (Phi) is 6.07. The van der Waals surface area contributed by atoms with Crippen molar-refractivity contribution in [1.82, 2.24) is 4.31 Å². The van der Waals surface area contributed by atoms with Gasteiger partial charge in [0.15, 0.2) is 21.4 Å². The van der Waals surface area contributed by atoms with Crippen molar-refractivity contribution >= 4 is 19.9 Å². The summed E-state index contributed by atoms with van der Waals surface area (Å²) >= 11 is 0. The van der Waals surface area contributed by atoms with Crippen LogP contribution in [0.15, 0.2) is 58.3 Å². The molecular weight excluding hydrogens is 405 g/mol. The molecule has 0 saturated carbocycles. The molecule has 1 fully saturated rings. The van der Waals surface area contributed by atoms with Gasteiger partial charge in [-0.25, -0.2) is 21.2 Å². The zero-order chi connectivity index (χ0) is 20.4. The van der Waals surface area contributed by atoms with Crippen LogP contribution < -0.4 is 4.74 Å². The third-order valence-electron chi connectivity index (χ3n) is 4.65. The summed E-state index contributed by atoms with van der Waals surface area (Å²) in [4.78, 5) is -0.0520. The molecule has 0 N–H and O–H groups in total. The lowest BCUT2D eigenvalue weighted by Gasteiger charge is -2.24. The third-order valence-corrected chi connectivity index (χ3v) is 8.41. The van der Waals surface area contributed by atoms with E-state index in [0.29, 0.717) is 12.8 Å².